The van der Waals surface area contributed by atoms with E-state index in [0.29, 0.717) is 6.42 Å². The number of hydrogen-bond donors (Lipinski definition) is 2. The molecule has 8 nitrogen and oxygen atoms in total. The zero-order chi connectivity index (χ0) is 25.2. The number of amides is 1. The molecule has 0 unspecified atom stereocenters. The van der Waals surface area contributed by atoms with Gasteiger partial charge >= 0.3 is 0 Å². The van der Waals surface area contributed by atoms with Crippen molar-refractivity contribution in [3.63, 3.8) is 0 Å². The van der Waals surface area contributed by atoms with Crippen molar-refractivity contribution in [1.82, 2.24) is 5.32 Å². The summed E-state index contributed by atoms with van der Waals surface area (Å²) < 4.78 is 32.0. The first kappa shape index (κ1) is 24.5. The first-order chi connectivity index (χ1) is 16.6. The van der Waals surface area contributed by atoms with Gasteiger partial charge in [0.2, 0.25) is 0 Å². The molecule has 0 saturated carbocycles. The fourth-order valence-corrected chi connectivity index (χ4v) is 4.95. The molecule has 2 N–H and O–H groups in total. The molecule has 0 atom stereocenters. The van der Waals surface area contributed by atoms with Gasteiger partial charge in [-0.1, -0.05) is 30.0 Å². The monoisotopic (exact) mass is 509 g/mol. The third-order valence-electron chi connectivity index (χ3n) is 5.37. The van der Waals surface area contributed by atoms with Crippen molar-refractivity contribution in [2.45, 2.75) is 22.6 Å². The molecule has 3 aromatic carbocycles. The topological polar surface area (TPSA) is 135 Å². The van der Waals surface area contributed by atoms with Gasteiger partial charge in [0.15, 0.2) is 16.7 Å². The predicted molar refractivity (Wildman–Crippen MR) is 128 cm³/mol. The van der Waals surface area contributed by atoms with Crippen molar-refractivity contribution in [3.8, 4) is 0 Å². The van der Waals surface area contributed by atoms with E-state index in [1.807, 2.05) is 30.3 Å². The predicted octanol–water partition coefficient (Wildman–Crippen LogP) is 3.54. The lowest BCUT2D eigenvalue weighted by atomic mass is 9.83. The Labute approximate surface area is 205 Å². The van der Waals surface area contributed by atoms with Crippen molar-refractivity contribution in [2.24, 2.45) is 0 Å². The Kier molecular flexibility index (Phi) is 6.97. The Morgan fingerprint density at radius 3 is 2.11 bits per heavy atom. The molecule has 1 aliphatic rings. The van der Waals surface area contributed by atoms with Crippen LogP contribution in [-0.2, 0) is 14.9 Å². The van der Waals surface area contributed by atoms with Gasteiger partial charge in [0.25, 0.3) is 16.0 Å². The van der Waals surface area contributed by atoms with Crippen LogP contribution in [0.2, 0.25) is 0 Å². The first-order valence-corrected chi connectivity index (χ1v) is 12.8. The molecular formula is C25H19NO7S2. The Hall–Kier alpha value is -3.60. The van der Waals surface area contributed by atoms with Gasteiger partial charge in [-0.25, -0.2) is 0 Å². The number of carbonyl (C=O) groups excluding carboxylic acids is 4. The SMILES string of the molecule is O=C(CCCNC(=O)c1ccc2c(c1)C(=O)c1ccc(S(=O)(=O)O)cc1C2=O)Sc1ccccc1. The molecule has 0 heterocycles. The van der Waals surface area contributed by atoms with Gasteiger partial charge < -0.3 is 5.32 Å². The van der Waals surface area contributed by atoms with Gasteiger partial charge in [0, 0.05) is 45.7 Å². The lowest BCUT2D eigenvalue weighted by Crippen LogP contribution is -2.26. The number of thioether (sulfide) groups is 1. The van der Waals surface area contributed by atoms with E-state index in [-0.39, 0.29) is 45.9 Å². The van der Waals surface area contributed by atoms with Crippen LogP contribution in [-0.4, -0.2) is 42.1 Å². The number of rotatable bonds is 7. The van der Waals surface area contributed by atoms with Crippen molar-refractivity contribution in [1.29, 1.82) is 0 Å². The summed E-state index contributed by atoms with van der Waals surface area (Å²) in [6.45, 7) is 0.255. The van der Waals surface area contributed by atoms with Crippen LogP contribution < -0.4 is 5.32 Å². The maximum atomic E-state index is 12.9. The molecule has 0 saturated heterocycles. The molecule has 0 spiro atoms. The maximum Gasteiger partial charge on any atom is 0.294 e. The molecule has 3 aromatic rings. The van der Waals surface area contributed by atoms with E-state index >= 15 is 0 Å². The number of hydrogen-bond acceptors (Lipinski definition) is 7. The lowest BCUT2D eigenvalue weighted by Gasteiger charge is -2.18. The summed E-state index contributed by atoms with van der Waals surface area (Å²) in [7, 11) is -4.54. The van der Waals surface area contributed by atoms with Crippen molar-refractivity contribution >= 4 is 44.5 Å². The Bertz CT molecular complexity index is 1460. The Morgan fingerprint density at radius 2 is 1.46 bits per heavy atom. The van der Waals surface area contributed by atoms with E-state index in [1.165, 1.54) is 24.3 Å². The van der Waals surface area contributed by atoms with Gasteiger partial charge in [-0.05, 0) is 55.0 Å². The second kappa shape index (κ2) is 9.95. The van der Waals surface area contributed by atoms with Crippen LogP contribution in [0.3, 0.4) is 0 Å². The largest absolute Gasteiger partial charge is 0.352 e. The van der Waals surface area contributed by atoms with E-state index in [2.05, 4.69) is 5.32 Å². The van der Waals surface area contributed by atoms with Crippen LogP contribution in [0.25, 0.3) is 0 Å². The molecule has 35 heavy (non-hydrogen) atoms. The van der Waals surface area contributed by atoms with E-state index in [9.17, 15) is 32.1 Å². The second-order valence-electron chi connectivity index (χ2n) is 7.75. The highest BCUT2D eigenvalue weighted by atomic mass is 32.2. The number of nitrogens with one attached hydrogen (secondary N) is 1. The highest BCUT2D eigenvalue weighted by Gasteiger charge is 2.31. The summed E-state index contributed by atoms with van der Waals surface area (Å²) in [6, 6.07) is 16.5. The molecule has 0 aromatic heterocycles. The summed E-state index contributed by atoms with van der Waals surface area (Å²) in [5.74, 6) is -1.57. The molecular weight excluding hydrogens is 490 g/mol. The third kappa shape index (κ3) is 5.40. The number of carbonyl (C=O) groups is 4. The van der Waals surface area contributed by atoms with Gasteiger partial charge in [-0.15, -0.1) is 0 Å². The molecule has 0 fully saturated rings. The molecule has 0 aliphatic heterocycles. The fourth-order valence-electron chi connectivity index (χ4n) is 3.64. The van der Waals surface area contributed by atoms with E-state index in [4.69, 9.17) is 0 Å². The molecule has 0 bridgehead atoms. The zero-order valence-corrected chi connectivity index (χ0v) is 19.8. The van der Waals surface area contributed by atoms with Crippen LogP contribution >= 0.6 is 11.8 Å². The van der Waals surface area contributed by atoms with E-state index < -0.39 is 32.5 Å². The summed E-state index contributed by atoms with van der Waals surface area (Å²) in [6.07, 6.45) is 0.718. The molecule has 4 rings (SSSR count). The highest BCUT2D eigenvalue weighted by Crippen LogP contribution is 2.30. The highest BCUT2D eigenvalue weighted by molar-refractivity contribution is 8.13. The number of ketones is 2. The number of fused-ring (bicyclic) bond motifs is 2. The van der Waals surface area contributed by atoms with Crippen LogP contribution in [0.5, 0.6) is 0 Å². The Morgan fingerprint density at radius 1 is 0.829 bits per heavy atom. The standard InChI is InChI=1S/C25H19NO7S2/c27-22(34-16-5-2-1-3-6-16)7-4-12-26-25(30)15-8-10-18-20(13-15)23(28)19-11-9-17(35(31,32)33)14-21(19)24(18)29/h1-3,5-6,8-11,13-14H,4,7,12H2,(H,26,30)(H,31,32,33). The minimum absolute atomic E-state index is 0.0121. The normalized spacial score (nSPS) is 12.6. The quantitative estimate of drug-likeness (QED) is 0.219. The molecule has 0 radical (unpaired) electrons. The summed E-state index contributed by atoms with van der Waals surface area (Å²) in [4.78, 5) is 50.8. The van der Waals surface area contributed by atoms with Crippen LogP contribution in [0.4, 0.5) is 0 Å². The smallest absolute Gasteiger partial charge is 0.294 e. The molecule has 10 heteroatoms. The van der Waals surface area contributed by atoms with Crippen molar-refractivity contribution in [3.05, 3.63) is 94.5 Å². The van der Waals surface area contributed by atoms with Crippen LogP contribution in [0.15, 0.2) is 76.5 Å². The van der Waals surface area contributed by atoms with Crippen LogP contribution in [0, 0.1) is 0 Å². The first-order valence-electron chi connectivity index (χ1n) is 10.5. The number of benzene rings is 3. The van der Waals surface area contributed by atoms with Gasteiger partial charge in [0.1, 0.15) is 0 Å². The van der Waals surface area contributed by atoms with E-state index in [1.54, 1.807) is 0 Å². The van der Waals surface area contributed by atoms with Crippen molar-refractivity contribution in [2.75, 3.05) is 6.54 Å². The average molecular weight is 510 g/mol. The second-order valence-corrected chi connectivity index (χ2v) is 10.3. The third-order valence-corrected chi connectivity index (χ3v) is 7.16. The fraction of sp³-hybridized carbons (Fsp3) is 0.120. The summed E-state index contributed by atoms with van der Waals surface area (Å²) in [5.41, 5.74) is 0.0990. The summed E-state index contributed by atoms with van der Waals surface area (Å²) >= 11 is 1.14. The minimum atomic E-state index is -4.54. The van der Waals surface area contributed by atoms with Crippen LogP contribution in [0.1, 0.15) is 55.0 Å². The average Bonchev–Trinajstić information content (AvgIpc) is 2.84. The molecule has 1 amide bonds. The van der Waals surface area contributed by atoms with E-state index in [0.717, 1.165) is 28.8 Å². The van der Waals surface area contributed by atoms with Gasteiger partial charge in [0.05, 0.1) is 4.90 Å². The Balaban J connectivity index is 1.41. The minimum Gasteiger partial charge on any atom is -0.352 e. The maximum absolute atomic E-state index is 12.9. The molecule has 178 valence electrons. The lowest BCUT2D eigenvalue weighted by molar-refractivity contribution is -0.111. The summed E-state index contributed by atoms with van der Waals surface area (Å²) in [5, 5.41) is 2.69. The molecule has 1 aliphatic carbocycles. The van der Waals surface area contributed by atoms with Crippen molar-refractivity contribution < 1.29 is 32.1 Å². The van der Waals surface area contributed by atoms with Gasteiger partial charge in [-0.2, -0.15) is 8.42 Å². The van der Waals surface area contributed by atoms with Gasteiger partial charge in [-0.3, -0.25) is 23.7 Å². The zero-order valence-electron chi connectivity index (χ0n) is 18.2.